The number of hydrogen-bond donors (Lipinski definition) is 2. The van der Waals surface area contributed by atoms with E-state index in [1.165, 1.54) is 22.3 Å². The molecule has 5 heteroatoms. The zero-order valence-electron chi connectivity index (χ0n) is 19.8. The number of nitrogens with zero attached hydrogens (tertiary/aromatic N) is 2. The average Bonchev–Trinajstić information content (AvgIpc) is 2.78. The van der Waals surface area contributed by atoms with Crippen molar-refractivity contribution < 1.29 is 0 Å². The monoisotopic (exact) mass is 452 g/mol. The van der Waals surface area contributed by atoms with Gasteiger partial charge in [-0.2, -0.15) is 0 Å². The molecule has 32 heavy (non-hydrogen) atoms. The Morgan fingerprint density at radius 2 is 1.75 bits per heavy atom. The molecule has 0 amide bonds. The predicted octanol–water partition coefficient (Wildman–Crippen LogP) is 5.28. The van der Waals surface area contributed by atoms with Crippen LogP contribution in [0.3, 0.4) is 0 Å². The van der Waals surface area contributed by atoms with E-state index in [1.807, 2.05) is 18.5 Å². The summed E-state index contributed by atoms with van der Waals surface area (Å²) in [6.45, 7) is 10.2. The molecule has 3 rings (SSSR count). The molecule has 0 saturated heterocycles. The number of aryl methyl sites for hydroxylation is 2. The molecule has 0 fully saturated rings. The number of aromatic nitrogens is 2. The summed E-state index contributed by atoms with van der Waals surface area (Å²) in [4.78, 5) is 9.45. The maximum Gasteiger partial charge on any atom is 0.0582 e. The van der Waals surface area contributed by atoms with Gasteiger partial charge in [0.05, 0.1) is 5.69 Å². The van der Waals surface area contributed by atoms with Gasteiger partial charge in [0.15, 0.2) is 0 Å². The number of nitrogens with one attached hydrogen (secondary N) is 1. The zero-order chi connectivity index (χ0) is 22.3. The molecule has 0 saturated carbocycles. The van der Waals surface area contributed by atoms with Crippen molar-refractivity contribution in [2.75, 3.05) is 6.54 Å². The predicted molar refractivity (Wildman–Crippen MR) is 136 cm³/mol. The van der Waals surface area contributed by atoms with Crippen LogP contribution >= 0.6 is 12.4 Å². The van der Waals surface area contributed by atoms with Gasteiger partial charge in [-0.05, 0) is 61.6 Å². The third-order valence-corrected chi connectivity index (χ3v) is 6.14. The van der Waals surface area contributed by atoms with E-state index in [-0.39, 0.29) is 17.8 Å². The number of benzene rings is 1. The van der Waals surface area contributed by atoms with E-state index in [0.29, 0.717) is 12.6 Å². The number of hydrogen-bond acceptors (Lipinski definition) is 4. The summed E-state index contributed by atoms with van der Waals surface area (Å²) in [6.07, 6.45) is 6.77. The van der Waals surface area contributed by atoms with Gasteiger partial charge in [-0.15, -0.1) is 12.4 Å². The van der Waals surface area contributed by atoms with Crippen molar-refractivity contribution in [3.63, 3.8) is 0 Å². The fourth-order valence-corrected chi connectivity index (χ4v) is 4.23. The third-order valence-electron chi connectivity index (χ3n) is 6.14. The standard InChI is InChI=1S/C27H36N4.ClH/c1-20-16-21(2)25(31-18-20)17-23(12-8-14-28)30-19-26-24(13-9-15-29-26)27(3,4)22-10-6-5-7-11-22;/h5-7,9-11,13,15-16,18,23,30H,8,12,14,17,19,28H2,1-4H3;1H. The Balaban J connectivity index is 0.00000363. The lowest BCUT2D eigenvalue weighted by Gasteiger charge is -2.29. The van der Waals surface area contributed by atoms with Crippen LogP contribution in [-0.4, -0.2) is 22.6 Å². The molecule has 3 N–H and O–H groups in total. The van der Waals surface area contributed by atoms with Crippen molar-refractivity contribution >= 4 is 12.4 Å². The molecule has 0 aliphatic rings. The smallest absolute Gasteiger partial charge is 0.0582 e. The minimum Gasteiger partial charge on any atom is -0.330 e. The second-order valence-electron chi connectivity index (χ2n) is 8.98. The summed E-state index contributed by atoms with van der Waals surface area (Å²) in [5, 5.41) is 3.77. The van der Waals surface area contributed by atoms with Crippen LogP contribution in [0.2, 0.25) is 0 Å². The second kappa shape index (κ2) is 12.1. The number of pyridine rings is 2. The maximum atomic E-state index is 5.82. The van der Waals surface area contributed by atoms with Crippen LogP contribution in [0.15, 0.2) is 60.9 Å². The Hall–Kier alpha value is -2.27. The van der Waals surface area contributed by atoms with E-state index >= 15 is 0 Å². The Kier molecular flexibility index (Phi) is 9.83. The number of rotatable bonds is 10. The lowest BCUT2D eigenvalue weighted by Crippen LogP contribution is -2.33. The summed E-state index contributed by atoms with van der Waals surface area (Å²) in [7, 11) is 0. The van der Waals surface area contributed by atoms with Gasteiger partial charge in [0.25, 0.3) is 0 Å². The summed E-state index contributed by atoms with van der Waals surface area (Å²) in [5.41, 5.74) is 13.0. The molecule has 2 aromatic heterocycles. The molecule has 3 aromatic rings. The molecule has 172 valence electrons. The Labute approximate surface area is 199 Å². The summed E-state index contributed by atoms with van der Waals surface area (Å²) in [5.74, 6) is 0. The van der Waals surface area contributed by atoms with Crippen LogP contribution in [-0.2, 0) is 18.4 Å². The fraction of sp³-hybridized carbons (Fsp3) is 0.407. The molecule has 0 bridgehead atoms. The highest BCUT2D eigenvalue weighted by molar-refractivity contribution is 5.85. The van der Waals surface area contributed by atoms with Crippen molar-refractivity contribution in [1.29, 1.82) is 0 Å². The van der Waals surface area contributed by atoms with E-state index < -0.39 is 0 Å². The third kappa shape index (κ3) is 6.61. The molecule has 1 aromatic carbocycles. The van der Waals surface area contributed by atoms with E-state index in [2.05, 4.69) is 75.5 Å². The SMILES string of the molecule is Cc1cnc(CC(CCCN)NCc2ncccc2C(C)(C)c2ccccc2)c(C)c1.Cl. The van der Waals surface area contributed by atoms with Crippen molar-refractivity contribution in [3.05, 3.63) is 94.6 Å². The second-order valence-corrected chi connectivity index (χ2v) is 8.98. The van der Waals surface area contributed by atoms with Gasteiger partial charge in [-0.1, -0.05) is 56.3 Å². The van der Waals surface area contributed by atoms with Crippen LogP contribution in [0.25, 0.3) is 0 Å². The van der Waals surface area contributed by atoms with E-state index in [9.17, 15) is 0 Å². The van der Waals surface area contributed by atoms with Crippen molar-refractivity contribution in [1.82, 2.24) is 15.3 Å². The van der Waals surface area contributed by atoms with Crippen LogP contribution < -0.4 is 11.1 Å². The lowest BCUT2D eigenvalue weighted by atomic mass is 9.77. The topological polar surface area (TPSA) is 63.8 Å². The molecular formula is C27H37ClN4. The van der Waals surface area contributed by atoms with Crippen LogP contribution in [0, 0.1) is 13.8 Å². The number of nitrogens with two attached hydrogens (primary N) is 1. The zero-order valence-corrected chi connectivity index (χ0v) is 20.6. The highest BCUT2D eigenvalue weighted by Crippen LogP contribution is 2.32. The van der Waals surface area contributed by atoms with Gasteiger partial charge >= 0.3 is 0 Å². The van der Waals surface area contributed by atoms with Gasteiger partial charge in [-0.3, -0.25) is 9.97 Å². The first-order valence-corrected chi connectivity index (χ1v) is 11.3. The normalized spacial score (nSPS) is 12.3. The van der Waals surface area contributed by atoms with Gasteiger partial charge in [0.1, 0.15) is 0 Å². The minimum atomic E-state index is -0.117. The van der Waals surface area contributed by atoms with Gasteiger partial charge in [-0.25, -0.2) is 0 Å². The molecule has 0 spiro atoms. The van der Waals surface area contributed by atoms with Crippen LogP contribution in [0.4, 0.5) is 0 Å². The first-order chi connectivity index (χ1) is 14.9. The molecule has 1 atom stereocenters. The molecule has 0 aliphatic heterocycles. The first kappa shape index (κ1) is 26.0. The van der Waals surface area contributed by atoms with Gasteiger partial charge < -0.3 is 11.1 Å². The van der Waals surface area contributed by atoms with Crippen molar-refractivity contribution in [2.45, 2.75) is 65.0 Å². The molecule has 4 nitrogen and oxygen atoms in total. The van der Waals surface area contributed by atoms with Crippen molar-refractivity contribution in [2.24, 2.45) is 5.73 Å². The molecule has 1 unspecified atom stereocenters. The molecular weight excluding hydrogens is 416 g/mol. The van der Waals surface area contributed by atoms with E-state index in [4.69, 9.17) is 15.7 Å². The lowest BCUT2D eigenvalue weighted by molar-refractivity contribution is 0.455. The Morgan fingerprint density at radius 1 is 1.00 bits per heavy atom. The first-order valence-electron chi connectivity index (χ1n) is 11.3. The quantitative estimate of drug-likeness (QED) is 0.439. The highest BCUT2D eigenvalue weighted by atomic mass is 35.5. The van der Waals surface area contributed by atoms with Gasteiger partial charge in [0, 0.05) is 42.5 Å². The summed E-state index contributed by atoms with van der Waals surface area (Å²) < 4.78 is 0. The molecule has 2 heterocycles. The average molecular weight is 453 g/mol. The highest BCUT2D eigenvalue weighted by Gasteiger charge is 2.26. The summed E-state index contributed by atoms with van der Waals surface area (Å²) >= 11 is 0. The largest absolute Gasteiger partial charge is 0.330 e. The molecule has 0 radical (unpaired) electrons. The fourth-order valence-electron chi connectivity index (χ4n) is 4.23. The van der Waals surface area contributed by atoms with Crippen molar-refractivity contribution in [3.8, 4) is 0 Å². The van der Waals surface area contributed by atoms with Crippen LogP contribution in [0.5, 0.6) is 0 Å². The van der Waals surface area contributed by atoms with E-state index in [0.717, 1.165) is 37.2 Å². The number of halogens is 1. The molecule has 0 aliphatic carbocycles. The van der Waals surface area contributed by atoms with Gasteiger partial charge in [0.2, 0.25) is 0 Å². The minimum absolute atomic E-state index is 0. The van der Waals surface area contributed by atoms with Crippen LogP contribution in [0.1, 0.15) is 60.3 Å². The Bertz CT molecular complexity index is 972. The summed E-state index contributed by atoms with van der Waals surface area (Å²) in [6, 6.07) is 17.4. The maximum absolute atomic E-state index is 5.82. The van der Waals surface area contributed by atoms with E-state index in [1.54, 1.807) is 0 Å². The Morgan fingerprint density at radius 3 is 2.44 bits per heavy atom.